The summed E-state index contributed by atoms with van der Waals surface area (Å²) in [7, 11) is 1.44. The summed E-state index contributed by atoms with van der Waals surface area (Å²) in [6.45, 7) is 4.33. The molecule has 2 rings (SSSR count). The van der Waals surface area contributed by atoms with Crippen LogP contribution >= 0.6 is 0 Å². The molecule has 0 saturated heterocycles. The number of anilines is 1. The number of aromatic nitrogens is 1. The number of halogens is 1. The van der Waals surface area contributed by atoms with Crippen molar-refractivity contribution in [3.63, 3.8) is 0 Å². The molecule has 1 N–H and O–H groups in total. The molecule has 0 aliphatic rings. The van der Waals surface area contributed by atoms with E-state index in [1.807, 2.05) is 13.8 Å². The number of aryl methyl sites for hydroxylation is 2. The molecule has 1 aromatic heterocycles. The quantitative estimate of drug-likeness (QED) is 0.906. The number of ether oxygens (including phenoxy) is 1. The summed E-state index contributed by atoms with van der Waals surface area (Å²) in [4.78, 5) is 0. The molecule has 1 aromatic carbocycles. The number of methoxy groups -OCH3 is 1. The van der Waals surface area contributed by atoms with Gasteiger partial charge in [-0.3, -0.25) is 0 Å². The topological polar surface area (TPSA) is 47.3 Å². The maximum atomic E-state index is 13.2. The zero-order chi connectivity index (χ0) is 13.1. The lowest BCUT2D eigenvalue weighted by Crippen LogP contribution is -2.02. The van der Waals surface area contributed by atoms with Gasteiger partial charge < -0.3 is 14.6 Å². The molecular formula is C13H15FN2O2. The monoisotopic (exact) mass is 250 g/mol. The van der Waals surface area contributed by atoms with Gasteiger partial charge in [0, 0.05) is 23.9 Å². The van der Waals surface area contributed by atoms with Crippen molar-refractivity contribution >= 4 is 5.69 Å². The van der Waals surface area contributed by atoms with E-state index in [9.17, 15) is 4.39 Å². The van der Waals surface area contributed by atoms with Gasteiger partial charge in [0.25, 0.3) is 0 Å². The standard InChI is InChI=1S/C13H15FN2O2/c1-8-11(9(2)18-16-8)7-15-10-4-5-12(14)13(6-10)17-3/h4-6,15H,7H2,1-3H3. The van der Waals surface area contributed by atoms with Gasteiger partial charge in [0.1, 0.15) is 5.76 Å². The molecule has 0 amide bonds. The van der Waals surface area contributed by atoms with Gasteiger partial charge in [-0.25, -0.2) is 4.39 Å². The third-order valence-electron chi connectivity index (χ3n) is 2.80. The van der Waals surface area contributed by atoms with Gasteiger partial charge >= 0.3 is 0 Å². The van der Waals surface area contributed by atoms with Crippen LogP contribution in [0.15, 0.2) is 22.7 Å². The van der Waals surface area contributed by atoms with Gasteiger partial charge in [-0.2, -0.15) is 0 Å². The minimum atomic E-state index is -0.375. The van der Waals surface area contributed by atoms with Crippen molar-refractivity contribution in [1.29, 1.82) is 0 Å². The second kappa shape index (κ2) is 5.08. The van der Waals surface area contributed by atoms with E-state index in [1.165, 1.54) is 13.2 Å². The lowest BCUT2D eigenvalue weighted by atomic mass is 10.2. The first-order valence-electron chi connectivity index (χ1n) is 5.61. The number of hydrogen-bond donors (Lipinski definition) is 1. The molecule has 0 fully saturated rings. The van der Waals surface area contributed by atoms with Crippen LogP contribution in [0.4, 0.5) is 10.1 Å². The average Bonchev–Trinajstić information content (AvgIpc) is 2.68. The molecule has 0 spiro atoms. The zero-order valence-electron chi connectivity index (χ0n) is 10.6. The highest BCUT2D eigenvalue weighted by Gasteiger charge is 2.09. The van der Waals surface area contributed by atoms with E-state index in [2.05, 4.69) is 10.5 Å². The fourth-order valence-electron chi connectivity index (χ4n) is 1.71. The summed E-state index contributed by atoms with van der Waals surface area (Å²) in [5.41, 5.74) is 2.65. The lowest BCUT2D eigenvalue weighted by Gasteiger charge is -2.08. The predicted octanol–water partition coefficient (Wildman–Crippen LogP) is 3.05. The second-order valence-corrected chi connectivity index (χ2v) is 4.01. The van der Waals surface area contributed by atoms with E-state index in [0.717, 1.165) is 22.7 Å². The smallest absolute Gasteiger partial charge is 0.165 e. The van der Waals surface area contributed by atoms with Crippen LogP contribution in [0.2, 0.25) is 0 Å². The summed E-state index contributed by atoms with van der Waals surface area (Å²) in [5, 5.41) is 7.06. The van der Waals surface area contributed by atoms with Crippen molar-refractivity contribution in [1.82, 2.24) is 5.16 Å². The summed E-state index contributed by atoms with van der Waals surface area (Å²) in [6, 6.07) is 4.65. The average molecular weight is 250 g/mol. The van der Waals surface area contributed by atoms with Gasteiger partial charge in [-0.1, -0.05) is 5.16 Å². The van der Waals surface area contributed by atoms with E-state index in [-0.39, 0.29) is 11.6 Å². The van der Waals surface area contributed by atoms with E-state index in [4.69, 9.17) is 9.26 Å². The van der Waals surface area contributed by atoms with Crippen molar-refractivity contribution in [3.05, 3.63) is 41.0 Å². The number of nitrogens with one attached hydrogen (secondary N) is 1. The van der Waals surface area contributed by atoms with Gasteiger partial charge in [-0.05, 0) is 26.0 Å². The van der Waals surface area contributed by atoms with Gasteiger partial charge in [0.05, 0.1) is 12.8 Å². The largest absolute Gasteiger partial charge is 0.494 e. The molecule has 0 radical (unpaired) electrons. The van der Waals surface area contributed by atoms with Crippen LogP contribution in [0.25, 0.3) is 0 Å². The molecule has 0 bridgehead atoms. The van der Waals surface area contributed by atoms with Crippen LogP contribution in [0.3, 0.4) is 0 Å². The van der Waals surface area contributed by atoms with Gasteiger partial charge in [-0.15, -0.1) is 0 Å². The summed E-state index contributed by atoms with van der Waals surface area (Å²) >= 11 is 0. The highest BCUT2D eigenvalue weighted by molar-refractivity contribution is 5.49. The Balaban J connectivity index is 2.11. The molecular weight excluding hydrogens is 235 g/mol. The van der Waals surface area contributed by atoms with E-state index in [0.29, 0.717) is 6.54 Å². The molecule has 18 heavy (non-hydrogen) atoms. The van der Waals surface area contributed by atoms with Crippen LogP contribution in [0, 0.1) is 19.7 Å². The summed E-state index contributed by atoms with van der Waals surface area (Å²) < 4.78 is 23.2. The molecule has 2 aromatic rings. The van der Waals surface area contributed by atoms with E-state index in [1.54, 1.807) is 12.1 Å². The maximum Gasteiger partial charge on any atom is 0.165 e. The number of benzene rings is 1. The molecule has 0 aliphatic carbocycles. The van der Waals surface area contributed by atoms with Gasteiger partial charge in [0.2, 0.25) is 0 Å². The zero-order valence-corrected chi connectivity index (χ0v) is 10.6. The lowest BCUT2D eigenvalue weighted by molar-refractivity contribution is 0.387. The van der Waals surface area contributed by atoms with Crippen LogP contribution in [0.1, 0.15) is 17.0 Å². The minimum absolute atomic E-state index is 0.221. The van der Waals surface area contributed by atoms with Crippen LogP contribution < -0.4 is 10.1 Å². The van der Waals surface area contributed by atoms with Crippen molar-refractivity contribution in [3.8, 4) is 5.75 Å². The fraction of sp³-hybridized carbons (Fsp3) is 0.308. The predicted molar refractivity (Wildman–Crippen MR) is 66.3 cm³/mol. The van der Waals surface area contributed by atoms with Crippen molar-refractivity contribution < 1.29 is 13.7 Å². The van der Waals surface area contributed by atoms with Crippen LogP contribution in [0.5, 0.6) is 5.75 Å². The molecule has 0 aliphatic heterocycles. The van der Waals surface area contributed by atoms with Crippen LogP contribution in [-0.4, -0.2) is 12.3 Å². The SMILES string of the molecule is COc1cc(NCc2c(C)noc2C)ccc1F. The number of nitrogens with zero attached hydrogens (tertiary/aromatic N) is 1. The first kappa shape index (κ1) is 12.4. The number of rotatable bonds is 4. The molecule has 5 heteroatoms. The first-order valence-corrected chi connectivity index (χ1v) is 5.61. The minimum Gasteiger partial charge on any atom is -0.494 e. The molecule has 96 valence electrons. The Bertz CT molecular complexity index is 532. The number of hydrogen-bond acceptors (Lipinski definition) is 4. The third-order valence-corrected chi connectivity index (χ3v) is 2.80. The summed E-state index contributed by atoms with van der Waals surface area (Å²) in [6.07, 6.45) is 0. The molecule has 1 heterocycles. The van der Waals surface area contributed by atoms with Crippen LogP contribution in [-0.2, 0) is 6.54 Å². The Labute approximate surface area is 105 Å². The highest BCUT2D eigenvalue weighted by Crippen LogP contribution is 2.22. The van der Waals surface area contributed by atoms with Crippen molar-refractivity contribution in [2.45, 2.75) is 20.4 Å². The van der Waals surface area contributed by atoms with Gasteiger partial charge in [0.15, 0.2) is 11.6 Å². The van der Waals surface area contributed by atoms with E-state index < -0.39 is 0 Å². The maximum absolute atomic E-state index is 13.2. The Morgan fingerprint density at radius 3 is 2.78 bits per heavy atom. The normalized spacial score (nSPS) is 10.4. The Morgan fingerprint density at radius 2 is 2.17 bits per heavy atom. The molecule has 0 saturated carbocycles. The molecule has 0 unspecified atom stereocenters. The van der Waals surface area contributed by atoms with Crippen molar-refractivity contribution in [2.75, 3.05) is 12.4 Å². The highest BCUT2D eigenvalue weighted by atomic mass is 19.1. The Kier molecular flexibility index (Phi) is 3.50. The summed E-state index contributed by atoms with van der Waals surface area (Å²) in [5.74, 6) is 0.633. The Morgan fingerprint density at radius 1 is 1.39 bits per heavy atom. The first-order chi connectivity index (χ1) is 8.61. The second-order valence-electron chi connectivity index (χ2n) is 4.01. The van der Waals surface area contributed by atoms with Crippen molar-refractivity contribution in [2.24, 2.45) is 0 Å². The molecule has 0 atom stereocenters. The third kappa shape index (κ3) is 2.45. The molecule has 4 nitrogen and oxygen atoms in total. The fourth-order valence-corrected chi connectivity index (χ4v) is 1.71. The Hall–Kier alpha value is -2.04. The van der Waals surface area contributed by atoms with E-state index >= 15 is 0 Å².